The fourth-order valence-electron chi connectivity index (χ4n) is 5.04. The molecule has 5 aromatic rings. The number of hydrogen-bond donors (Lipinski definition) is 0. The number of hydrogen-bond acceptors (Lipinski definition) is 8. The van der Waals surface area contributed by atoms with Gasteiger partial charge in [-0.1, -0.05) is 65.9 Å². The summed E-state index contributed by atoms with van der Waals surface area (Å²) in [6, 6.07) is 26.1. The highest BCUT2D eigenvalue weighted by Gasteiger charge is 2.35. The molecule has 45 heavy (non-hydrogen) atoms. The highest BCUT2D eigenvalue weighted by molar-refractivity contribution is 14.1. The fourth-order valence-corrected chi connectivity index (χ4v) is 8.90. The molecule has 3 aromatic carbocycles. The minimum Gasteiger partial charge on any atom is -0.487 e. The van der Waals surface area contributed by atoms with E-state index >= 15 is 0 Å². The van der Waals surface area contributed by atoms with Crippen molar-refractivity contribution in [3.8, 4) is 11.8 Å². The number of rotatable bonds is 8. The lowest BCUT2D eigenvalue weighted by molar-refractivity contribution is -0.138. The van der Waals surface area contributed by atoms with Crippen LogP contribution in [-0.2, 0) is 16.1 Å². The number of ether oxygens (including phenoxy) is 2. The van der Waals surface area contributed by atoms with E-state index in [2.05, 4.69) is 51.3 Å². The van der Waals surface area contributed by atoms with Crippen molar-refractivity contribution < 1.29 is 14.3 Å². The van der Waals surface area contributed by atoms with Crippen LogP contribution in [0.3, 0.4) is 0 Å². The first kappa shape index (κ1) is 31.4. The van der Waals surface area contributed by atoms with Crippen molar-refractivity contribution in [2.24, 2.45) is 4.99 Å². The van der Waals surface area contributed by atoms with Gasteiger partial charge in [0.25, 0.3) is 5.56 Å². The second-order valence-electron chi connectivity index (χ2n) is 9.81. The maximum atomic E-state index is 14.3. The minimum atomic E-state index is -0.702. The molecule has 0 saturated heterocycles. The topological polar surface area (TPSA) is 93.7 Å². The predicted molar refractivity (Wildman–Crippen MR) is 193 cm³/mol. The number of esters is 1. The molecule has 0 N–H and O–H groups in total. The summed E-state index contributed by atoms with van der Waals surface area (Å²) >= 11 is 7.21. The van der Waals surface area contributed by atoms with Crippen LogP contribution in [0.15, 0.2) is 99.6 Å². The summed E-state index contributed by atoms with van der Waals surface area (Å²) in [5.41, 5.74) is 3.37. The molecule has 0 unspecified atom stereocenters. The van der Waals surface area contributed by atoms with Gasteiger partial charge in [0.05, 0.1) is 37.6 Å². The molecule has 0 spiro atoms. The average molecular weight is 856 g/mol. The van der Waals surface area contributed by atoms with Crippen molar-refractivity contribution in [3.63, 3.8) is 0 Å². The van der Waals surface area contributed by atoms with Crippen LogP contribution in [0.5, 0.6) is 5.75 Å². The van der Waals surface area contributed by atoms with E-state index in [9.17, 15) is 14.9 Å². The number of thiazole rings is 1. The zero-order chi connectivity index (χ0) is 31.5. The predicted octanol–water partition coefficient (Wildman–Crippen LogP) is 6.66. The summed E-state index contributed by atoms with van der Waals surface area (Å²) in [4.78, 5) is 34.1. The van der Waals surface area contributed by atoms with E-state index in [0.717, 1.165) is 28.7 Å². The number of nitrogens with zero attached hydrogens (tertiary/aromatic N) is 3. The molecule has 1 atom stereocenters. The van der Waals surface area contributed by atoms with E-state index in [1.807, 2.05) is 84.3 Å². The maximum Gasteiger partial charge on any atom is 0.338 e. The molecule has 0 amide bonds. The van der Waals surface area contributed by atoms with Crippen molar-refractivity contribution in [3.05, 3.63) is 144 Å². The molecular weight excluding hydrogens is 832 g/mol. The normalized spacial score (nSPS) is 14.4. The minimum absolute atomic E-state index is 0.193. The summed E-state index contributed by atoms with van der Waals surface area (Å²) in [7, 11) is 0. The quantitative estimate of drug-likeness (QED) is 0.129. The lowest BCUT2D eigenvalue weighted by Crippen LogP contribution is -2.39. The highest BCUT2D eigenvalue weighted by atomic mass is 127. The van der Waals surface area contributed by atoms with Crippen molar-refractivity contribution in [1.82, 2.24) is 4.57 Å². The fraction of sp³-hybridized carbons (Fsp3) is 0.118. The molecule has 6 rings (SSSR count). The summed E-state index contributed by atoms with van der Waals surface area (Å²) in [6.07, 6.45) is 1.82. The van der Waals surface area contributed by atoms with Gasteiger partial charge in [0.1, 0.15) is 18.4 Å². The Kier molecular flexibility index (Phi) is 9.64. The smallest absolute Gasteiger partial charge is 0.338 e. The molecule has 2 aromatic heterocycles. The van der Waals surface area contributed by atoms with Crippen molar-refractivity contribution in [2.45, 2.75) is 19.6 Å². The molecule has 7 nitrogen and oxygen atoms in total. The van der Waals surface area contributed by atoms with Crippen LogP contribution in [0.2, 0.25) is 0 Å². The zero-order valence-corrected chi connectivity index (χ0v) is 29.6. The van der Waals surface area contributed by atoms with Gasteiger partial charge in [-0.2, -0.15) is 5.26 Å². The Bertz CT molecular complexity index is 2170. The van der Waals surface area contributed by atoms with Crippen LogP contribution < -0.4 is 19.6 Å². The van der Waals surface area contributed by atoms with E-state index < -0.39 is 12.0 Å². The lowest BCUT2D eigenvalue weighted by Gasteiger charge is -2.24. The first-order valence-corrected chi connectivity index (χ1v) is 17.7. The molecule has 0 bridgehead atoms. The molecule has 0 fully saturated rings. The monoisotopic (exact) mass is 855 g/mol. The van der Waals surface area contributed by atoms with Crippen LogP contribution in [0.1, 0.15) is 40.1 Å². The van der Waals surface area contributed by atoms with Gasteiger partial charge in [-0.15, -0.1) is 11.3 Å². The number of carbonyl (C=O) groups excluding carboxylic acids is 1. The molecule has 1 aliphatic rings. The summed E-state index contributed by atoms with van der Waals surface area (Å²) in [5.74, 6) is 0.106. The van der Waals surface area contributed by atoms with Crippen LogP contribution >= 0.6 is 67.9 Å². The van der Waals surface area contributed by atoms with Gasteiger partial charge in [0, 0.05) is 25.1 Å². The Balaban J connectivity index is 1.54. The standard InChI is InChI=1S/C34H23I2N3O4S2/c1-2-42-33(41)28-29(20-9-4-3-5-10-20)38-34-39(30(28)26-13-8-14-44-26)32(40)27(45-34)16-23-15-24(35)17-25(36)31(23)43-19-22-12-7-6-11-21(22)18-37/h3-17,30H,2,19H2,1H3/b27-16-/t30-/m0/s1. The van der Waals surface area contributed by atoms with Gasteiger partial charge in [-0.25, -0.2) is 9.79 Å². The van der Waals surface area contributed by atoms with Gasteiger partial charge in [0.2, 0.25) is 0 Å². The Hall–Kier alpha value is -3.58. The van der Waals surface area contributed by atoms with Crippen LogP contribution in [0.4, 0.5) is 0 Å². The number of thiophene rings is 1. The summed E-state index contributed by atoms with van der Waals surface area (Å²) < 4.78 is 15.7. The third-order valence-electron chi connectivity index (χ3n) is 7.02. The Morgan fingerprint density at radius 1 is 1.09 bits per heavy atom. The maximum absolute atomic E-state index is 14.3. The lowest BCUT2D eigenvalue weighted by atomic mass is 9.97. The first-order chi connectivity index (χ1) is 21.9. The largest absolute Gasteiger partial charge is 0.487 e. The van der Waals surface area contributed by atoms with Crippen LogP contribution in [0, 0.1) is 18.5 Å². The summed E-state index contributed by atoms with van der Waals surface area (Å²) in [6.45, 7) is 2.15. The van der Waals surface area contributed by atoms with Crippen LogP contribution in [-0.4, -0.2) is 17.1 Å². The second kappa shape index (κ2) is 13.8. The number of carbonyl (C=O) groups is 1. The first-order valence-electron chi connectivity index (χ1n) is 13.8. The summed E-state index contributed by atoms with van der Waals surface area (Å²) in [5, 5.41) is 11.5. The number of halogens is 2. The Morgan fingerprint density at radius 3 is 2.60 bits per heavy atom. The van der Waals surface area contributed by atoms with Gasteiger partial charge in [-0.05, 0) is 87.8 Å². The highest BCUT2D eigenvalue weighted by Crippen LogP contribution is 2.37. The van der Waals surface area contributed by atoms with E-state index in [4.69, 9.17) is 14.5 Å². The molecule has 224 valence electrons. The van der Waals surface area contributed by atoms with Crippen molar-refractivity contribution in [2.75, 3.05) is 6.61 Å². The van der Waals surface area contributed by atoms with Crippen molar-refractivity contribution in [1.29, 1.82) is 5.26 Å². The molecule has 11 heteroatoms. The van der Waals surface area contributed by atoms with Gasteiger partial charge < -0.3 is 9.47 Å². The third-order valence-corrected chi connectivity index (χ3v) is 10.4. The number of nitriles is 1. The van der Waals surface area contributed by atoms with E-state index in [1.54, 1.807) is 17.6 Å². The number of fused-ring (bicyclic) bond motifs is 1. The molecule has 3 heterocycles. The number of benzene rings is 3. The molecule has 1 aliphatic heterocycles. The van der Waals surface area contributed by atoms with E-state index in [-0.39, 0.29) is 18.8 Å². The molecule has 0 aliphatic carbocycles. The Morgan fingerprint density at radius 2 is 1.87 bits per heavy atom. The molecular formula is C34H23I2N3O4S2. The Labute approximate surface area is 294 Å². The van der Waals surface area contributed by atoms with E-state index in [0.29, 0.717) is 31.9 Å². The van der Waals surface area contributed by atoms with Gasteiger partial charge in [0.15, 0.2) is 4.80 Å². The van der Waals surface area contributed by atoms with Crippen LogP contribution in [0.25, 0.3) is 11.8 Å². The van der Waals surface area contributed by atoms with Gasteiger partial charge in [-0.3, -0.25) is 9.36 Å². The molecule has 0 saturated carbocycles. The zero-order valence-electron chi connectivity index (χ0n) is 23.7. The van der Waals surface area contributed by atoms with E-state index in [1.165, 1.54) is 22.7 Å². The van der Waals surface area contributed by atoms with Crippen molar-refractivity contribution >= 4 is 85.6 Å². The third kappa shape index (κ3) is 6.42. The SMILES string of the molecule is CCOC(=O)C1=C(c2ccccc2)N=c2s/c(=C\c3cc(I)cc(I)c3OCc3ccccc3C#N)c(=O)n2[C@H]1c1cccs1. The number of aromatic nitrogens is 1. The molecule has 0 radical (unpaired) electrons. The van der Waals surface area contributed by atoms with Gasteiger partial charge >= 0.3 is 5.97 Å². The average Bonchev–Trinajstić information content (AvgIpc) is 3.69. The second-order valence-corrected chi connectivity index (χ2v) is 14.2.